The van der Waals surface area contributed by atoms with Crippen molar-refractivity contribution in [2.75, 3.05) is 5.32 Å². The van der Waals surface area contributed by atoms with E-state index in [1.54, 1.807) is 24.5 Å². The van der Waals surface area contributed by atoms with Gasteiger partial charge in [0.05, 0.1) is 12.1 Å². The Balaban J connectivity index is 1.46. The van der Waals surface area contributed by atoms with Crippen molar-refractivity contribution in [2.45, 2.75) is 6.42 Å². The number of amides is 2. The maximum Gasteiger partial charge on any atom is 0.249 e. The molecule has 4 N–H and O–H groups in total. The second kappa shape index (κ2) is 9.03. The molecule has 166 valence electrons. The lowest BCUT2D eigenvalue weighted by Crippen LogP contribution is -2.15. The molecule has 0 fully saturated rings. The Morgan fingerprint density at radius 2 is 1.71 bits per heavy atom. The van der Waals surface area contributed by atoms with Gasteiger partial charge in [0.25, 0.3) is 0 Å². The number of carbonyl (C=O) groups excluding carboxylic acids is 2. The number of benzene rings is 3. The number of hydrogen-bond acceptors (Lipinski definition) is 3. The first-order valence-electron chi connectivity index (χ1n) is 10.9. The lowest BCUT2D eigenvalue weighted by Gasteiger charge is -2.09. The van der Waals surface area contributed by atoms with Crippen molar-refractivity contribution in [1.82, 2.24) is 9.97 Å². The summed E-state index contributed by atoms with van der Waals surface area (Å²) in [6, 6.07) is 25.0. The van der Waals surface area contributed by atoms with Gasteiger partial charge in [-0.25, -0.2) is 4.98 Å². The Bertz CT molecular complexity index is 1550. The molecule has 34 heavy (non-hydrogen) atoms. The van der Waals surface area contributed by atoms with Crippen LogP contribution in [-0.2, 0) is 16.0 Å². The summed E-state index contributed by atoms with van der Waals surface area (Å²) < 4.78 is 0. The molecule has 2 aromatic heterocycles. The summed E-state index contributed by atoms with van der Waals surface area (Å²) in [6.07, 6.45) is 5.34. The van der Waals surface area contributed by atoms with Gasteiger partial charge in [-0.2, -0.15) is 0 Å². The number of primary amides is 1. The normalized spacial score (nSPS) is 11.6. The number of rotatable bonds is 6. The third-order valence-corrected chi connectivity index (χ3v) is 5.71. The summed E-state index contributed by atoms with van der Waals surface area (Å²) in [5.74, 6) is -0.677. The van der Waals surface area contributed by atoms with Crippen molar-refractivity contribution in [3.8, 4) is 0 Å². The molecule has 0 saturated carbocycles. The Morgan fingerprint density at radius 1 is 0.941 bits per heavy atom. The highest BCUT2D eigenvalue weighted by Crippen LogP contribution is 2.29. The molecule has 3 aromatic carbocycles. The second-order valence-electron chi connectivity index (χ2n) is 8.02. The first-order valence-corrected chi connectivity index (χ1v) is 10.9. The van der Waals surface area contributed by atoms with Crippen LogP contribution in [0.25, 0.3) is 33.5 Å². The lowest BCUT2D eigenvalue weighted by molar-refractivity contribution is -0.115. The molecule has 0 aliphatic heterocycles. The zero-order chi connectivity index (χ0) is 23.5. The highest BCUT2D eigenvalue weighted by Gasteiger charge is 2.14. The fraction of sp³-hybridized carbons (Fsp3) is 0.0357. The molecule has 5 aromatic rings. The first kappa shape index (κ1) is 21.2. The maximum absolute atomic E-state index is 12.9. The molecular weight excluding hydrogens is 424 g/mol. The van der Waals surface area contributed by atoms with E-state index < -0.39 is 5.91 Å². The van der Waals surface area contributed by atoms with Gasteiger partial charge in [-0.15, -0.1) is 0 Å². The fourth-order valence-electron chi connectivity index (χ4n) is 4.10. The highest BCUT2D eigenvalue weighted by atomic mass is 16.2. The van der Waals surface area contributed by atoms with E-state index in [0.717, 1.165) is 21.9 Å². The molecule has 0 spiro atoms. The van der Waals surface area contributed by atoms with Gasteiger partial charge in [-0.05, 0) is 34.0 Å². The van der Waals surface area contributed by atoms with Crippen LogP contribution in [0.15, 0.2) is 91.3 Å². The number of pyridine rings is 1. The molecule has 0 bridgehead atoms. The quantitative estimate of drug-likeness (QED) is 0.323. The Kier molecular flexibility index (Phi) is 5.62. The summed E-state index contributed by atoms with van der Waals surface area (Å²) in [7, 11) is 0. The van der Waals surface area contributed by atoms with Crippen molar-refractivity contribution in [3.05, 3.63) is 108 Å². The lowest BCUT2D eigenvalue weighted by atomic mass is 10.0. The predicted molar refractivity (Wildman–Crippen MR) is 136 cm³/mol. The molecular formula is C28H22N4O2. The van der Waals surface area contributed by atoms with Crippen LogP contribution in [0.2, 0.25) is 0 Å². The van der Waals surface area contributed by atoms with E-state index in [2.05, 4.69) is 15.3 Å². The molecule has 0 aliphatic rings. The average Bonchev–Trinajstić information content (AvgIpc) is 3.26. The van der Waals surface area contributed by atoms with Crippen LogP contribution in [0.1, 0.15) is 16.7 Å². The molecule has 0 aliphatic carbocycles. The molecule has 2 heterocycles. The maximum atomic E-state index is 12.9. The number of H-pyrrole nitrogens is 1. The van der Waals surface area contributed by atoms with Crippen LogP contribution < -0.4 is 11.1 Å². The largest absolute Gasteiger partial charge is 0.366 e. The summed E-state index contributed by atoms with van der Waals surface area (Å²) in [5, 5.41) is 5.95. The summed E-state index contributed by atoms with van der Waals surface area (Å²) >= 11 is 0. The molecule has 0 unspecified atom stereocenters. The molecule has 2 amide bonds. The fourth-order valence-corrected chi connectivity index (χ4v) is 4.10. The van der Waals surface area contributed by atoms with Crippen LogP contribution in [0.4, 0.5) is 5.69 Å². The monoisotopic (exact) mass is 446 g/mol. The van der Waals surface area contributed by atoms with Crippen LogP contribution in [-0.4, -0.2) is 21.8 Å². The number of nitrogens with one attached hydrogen (secondary N) is 2. The van der Waals surface area contributed by atoms with Gasteiger partial charge in [0.1, 0.15) is 5.65 Å². The van der Waals surface area contributed by atoms with Gasteiger partial charge in [-0.1, -0.05) is 72.8 Å². The number of nitrogens with zero attached hydrogens (tertiary/aromatic N) is 1. The Labute approximate surface area is 196 Å². The standard InChI is InChI=1S/C28H22N4O2/c29-27(34)23(20-7-2-1-3-8-20)16-22-17-31-28-26(22)24(12-13-30-28)32-25(33)15-18-10-11-19-6-4-5-9-21(19)14-18/h1-14,16-17H,15H2,(H2,29,34)(H2,30,31,32,33). The van der Waals surface area contributed by atoms with E-state index in [-0.39, 0.29) is 12.3 Å². The molecule has 6 heteroatoms. The summed E-state index contributed by atoms with van der Waals surface area (Å²) in [5.41, 5.74) is 9.61. The van der Waals surface area contributed by atoms with Crippen molar-refractivity contribution < 1.29 is 9.59 Å². The SMILES string of the molecule is NC(=O)C(=Cc1c[nH]c2nccc(NC(=O)Cc3ccc4ccccc4c3)c12)c1ccccc1. The first-order chi connectivity index (χ1) is 16.6. The third-order valence-electron chi connectivity index (χ3n) is 5.71. The zero-order valence-corrected chi connectivity index (χ0v) is 18.3. The van der Waals surface area contributed by atoms with Gasteiger partial charge < -0.3 is 16.0 Å². The van der Waals surface area contributed by atoms with E-state index >= 15 is 0 Å². The van der Waals surface area contributed by atoms with Crippen LogP contribution in [0.5, 0.6) is 0 Å². The summed E-state index contributed by atoms with van der Waals surface area (Å²) in [6.45, 7) is 0. The van der Waals surface area contributed by atoms with Gasteiger partial charge in [-0.3, -0.25) is 9.59 Å². The second-order valence-corrected chi connectivity index (χ2v) is 8.02. The van der Waals surface area contributed by atoms with E-state index in [9.17, 15) is 9.59 Å². The van der Waals surface area contributed by atoms with E-state index in [1.807, 2.05) is 72.8 Å². The topological polar surface area (TPSA) is 101 Å². The van der Waals surface area contributed by atoms with Crippen LogP contribution >= 0.6 is 0 Å². The molecule has 0 saturated heterocycles. The van der Waals surface area contributed by atoms with Gasteiger partial charge in [0.15, 0.2) is 0 Å². The van der Waals surface area contributed by atoms with Crippen LogP contribution in [0, 0.1) is 0 Å². The number of aromatic nitrogens is 2. The molecule has 0 radical (unpaired) electrons. The predicted octanol–water partition coefficient (Wildman–Crippen LogP) is 4.92. The van der Waals surface area contributed by atoms with Crippen molar-refractivity contribution >= 4 is 51.0 Å². The van der Waals surface area contributed by atoms with E-state index in [1.165, 1.54) is 0 Å². The number of fused-ring (bicyclic) bond motifs is 2. The zero-order valence-electron chi connectivity index (χ0n) is 18.3. The smallest absolute Gasteiger partial charge is 0.249 e. The number of carbonyl (C=O) groups is 2. The van der Waals surface area contributed by atoms with Gasteiger partial charge >= 0.3 is 0 Å². The summed E-state index contributed by atoms with van der Waals surface area (Å²) in [4.78, 5) is 32.6. The minimum atomic E-state index is -0.536. The number of aromatic amines is 1. The van der Waals surface area contributed by atoms with Crippen LogP contribution in [0.3, 0.4) is 0 Å². The van der Waals surface area contributed by atoms with Crippen molar-refractivity contribution in [2.24, 2.45) is 5.73 Å². The average molecular weight is 447 g/mol. The number of nitrogens with two attached hydrogens (primary N) is 1. The number of hydrogen-bond donors (Lipinski definition) is 3. The third kappa shape index (κ3) is 4.29. The minimum Gasteiger partial charge on any atom is -0.366 e. The highest BCUT2D eigenvalue weighted by molar-refractivity contribution is 6.24. The Morgan fingerprint density at radius 3 is 2.50 bits per heavy atom. The van der Waals surface area contributed by atoms with Crippen molar-refractivity contribution in [3.63, 3.8) is 0 Å². The molecule has 5 rings (SSSR count). The minimum absolute atomic E-state index is 0.142. The van der Waals surface area contributed by atoms with E-state index in [4.69, 9.17) is 5.73 Å². The number of anilines is 1. The molecule has 6 nitrogen and oxygen atoms in total. The Hall–Kier alpha value is -4.71. The van der Waals surface area contributed by atoms with E-state index in [0.29, 0.717) is 27.9 Å². The van der Waals surface area contributed by atoms with Crippen molar-refractivity contribution in [1.29, 1.82) is 0 Å². The van der Waals surface area contributed by atoms with Gasteiger partial charge in [0, 0.05) is 28.9 Å². The van der Waals surface area contributed by atoms with Gasteiger partial charge in [0.2, 0.25) is 11.8 Å². The molecule has 0 atom stereocenters.